The van der Waals surface area contributed by atoms with Gasteiger partial charge in [0, 0.05) is 35.6 Å². The predicted molar refractivity (Wildman–Crippen MR) is 134 cm³/mol. The Morgan fingerprint density at radius 2 is 2.06 bits per heavy atom. The third kappa shape index (κ3) is 4.86. The molecule has 5 rings (SSSR count). The summed E-state index contributed by atoms with van der Waals surface area (Å²) in [6.07, 6.45) is 5.96. The molecule has 3 fully saturated rings. The van der Waals surface area contributed by atoms with Crippen LogP contribution in [0.5, 0.6) is 5.88 Å². The number of piperidine rings is 1. The lowest BCUT2D eigenvalue weighted by Gasteiger charge is -2.42. The Morgan fingerprint density at radius 3 is 2.68 bits per heavy atom. The normalized spacial score (nSPS) is 23.7. The van der Waals surface area contributed by atoms with Gasteiger partial charge in [-0.2, -0.15) is 0 Å². The minimum absolute atomic E-state index is 0. The molecule has 0 radical (unpaired) electrons. The van der Waals surface area contributed by atoms with Gasteiger partial charge in [0.2, 0.25) is 5.88 Å². The molecule has 1 saturated carbocycles. The summed E-state index contributed by atoms with van der Waals surface area (Å²) in [5.74, 6) is 1.20. The van der Waals surface area contributed by atoms with E-state index in [1.54, 1.807) is 6.20 Å². The molecule has 4 heterocycles. The van der Waals surface area contributed by atoms with Crippen LogP contribution in [0.1, 0.15) is 51.4 Å². The first kappa shape index (κ1) is 25.4. The van der Waals surface area contributed by atoms with E-state index in [0.717, 1.165) is 61.8 Å². The number of hydrogen-bond donors (Lipinski definition) is 2. The lowest BCUT2D eigenvalue weighted by molar-refractivity contribution is 0.0973. The first-order valence-electron chi connectivity index (χ1n) is 11.5. The van der Waals surface area contributed by atoms with Crippen molar-refractivity contribution >= 4 is 29.2 Å². The average Bonchev–Trinajstić information content (AvgIpc) is 3.60. The maximum absolute atomic E-state index is 10.1. The van der Waals surface area contributed by atoms with Crippen molar-refractivity contribution in [2.75, 3.05) is 24.6 Å². The van der Waals surface area contributed by atoms with E-state index in [9.17, 15) is 5.11 Å². The number of pyridine rings is 1. The van der Waals surface area contributed by atoms with Crippen LogP contribution >= 0.6 is 23.4 Å². The Labute approximate surface area is 210 Å². The van der Waals surface area contributed by atoms with Crippen molar-refractivity contribution in [3.8, 4) is 5.88 Å². The molecule has 2 aromatic heterocycles. The molecule has 34 heavy (non-hydrogen) atoms. The molecule has 3 N–H and O–H groups in total. The van der Waals surface area contributed by atoms with Crippen LogP contribution in [0.2, 0.25) is 5.02 Å². The standard InChI is InChI=1S/C23H30ClN5O3S.CH4/c1-13-22(33-17-5-8-26-21(18(17)24)32-15-3-4-15)28-16(11-30)20(27-13)29-9-6-23(7-10-29)12-31-14(2)19(23)25;/h5,8,14-15,19,30H,3-4,6-7,9-12,25H2,1-2H3;1H4/t14-,19+;/m0./s1. The molecule has 2 aliphatic heterocycles. The Balaban J connectivity index is 0.00000274. The highest BCUT2D eigenvalue weighted by Crippen LogP contribution is 2.43. The highest BCUT2D eigenvalue weighted by atomic mass is 35.5. The summed E-state index contributed by atoms with van der Waals surface area (Å²) in [5, 5.41) is 11.3. The molecular formula is C24H34ClN5O3S. The van der Waals surface area contributed by atoms with Crippen molar-refractivity contribution in [2.45, 2.75) is 81.7 Å². The summed E-state index contributed by atoms with van der Waals surface area (Å²) >= 11 is 7.97. The molecule has 1 spiro atoms. The molecular weight excluding hydrogens is 474 g/mol. The van der Waals surface area contributed by atoms with Gasteiger partial charge in [-0.05, 0) is 45.6 Å². The summed E-state index contributed by atoms with van der Waals surface area (Å²) < 4.78 is 11.6. The number of aryl methyl sites for hydroxylation is 1. The number of aliphatic hydroxyl groups is 1. The topological polar surface area (TPSA) is 107 Å². The molecule has 2 atom stereocenters. The fraction of sp³-hybridized carbons (Fsp3) is 0.625. The fourth-order valence-electron chi connectivity index (χ4n) is 4.63. The third-order valence-electron chi connectivity index (χ3n) is 6.96. The average molecular weight is 508 g/mol. The monoisotopic (exact) mass is 507 g/mol. The first-order valence-corrected chi connectivity index (χ1v) is 12.7. The highest BCUT2D eigenvalue weighted by molar-refractivity contribution is 7.99. The van der Waals surface area contributed by atoms with Gasteiger partial charge in [-0.15, -0.1) is 0 Å². The van der Waals surface area contributed by atoms with Crippen LogP contribution in [0.4, 0.5) is 5.82 Å². The van der Waals surface area contributed by atoms with E-state index in [1.165, 1.54) is 11.8 Å². The van der Waals surface area contributed by atoms with Crippen LogP contribution in [0.3, 0.4) is 0 Å². The van der Waals surface area contributed by atoms with Gasteiger partial charge in [-0.3, -0.25) is 0 Å². The van der Waals surface area contributed by atoms with Gasteiger partial charge in [0.1, 0.15) is 21.8 Å². The third-order valence-corrected chi connectivity index (χ3v) is 8.58. The molecule has 2 saturated heterocycles. The van der Waals surface area contributed by atoms with E-state index < -0.39 is 0 Å². The second kappa shape index (κ2) is 10.1. The van der Waals surface area contributed by atoms with Gasteiger partial charge in [0.15, 0.2) is 5.82 Å². The summed E-state index contributed by atoms with van der Waals surface area (Å²) in [6.45, 7) is 6.15. The van der Waals surface area contributed by atoms with Crippen molar-refractivity contribution in [1.29, 1.82) is 0 Å². The maximum Gasteiger partial charge on any atom is 0.234 e. The van der Waals surface area contributed by atoms with E-state index >= 15 is 0 Å². The van der Waals surface area contributed by atoms with Crippen molar-refractivity contribution in [1.82, 2.24) is 15.0 Å². The molecule has 0 aromatic carbocycles. The SMILES string of the molecule is C.Cc1nc(N2CCC3(CC2)CO[C@@H](C)[C@H]3N)c(CO)nc1Sc1ccnc(OC2CC2)c1Cl. The lowest BCUT2D eigenvalue weighted by atomic mass is 9.73. The van der Waals surface area contributed by atoms with E-state index in [-0.39, 0.29) is 37.7 Å². The van der Waals surface area contributed by atoms with Crippen molar-refractivity contribution in [3.05, 3.63) is 28.7 Å². The molecule has 186 valence electrons. The molecule has 2 aromatic rings. The molecule has 0 unspecified atom stereocenters. The van der Waals surface area contributed by atoms with Gasteiger partial charge >= 0.3 is 0 Å². The van der Waals surface area contributed by atoms with Gasteiger partial charge in [0.05, 0.1) is 25.0 Å². The number of hydrogen-bond acceptors (Lipinski definition) is 9. The number of nitrogens with zero attached hydrogens (tertiary/aromatic N) is 4. The van der Waals surface area contributed by atoms with Gasteiger partial charge in [0.25, 0.3) is 0 Å². The lowest BCUT2D eigenvalue weighted by Crippen LogP contribution is -2.51. The molecule has 0 amide bonds. The fourth-order valence-corrected chi connectivity index (χ4v) is 5.77. The van der Waals surface area contributed by atoms with Crippen LogP contribution in [-0.2, 0) is 11.3 Å². The Bertz CT molecular complexity index is 1030. The Kier molecular flexibility index (Phi) is 7.59. The van der Waals surface area contributed by atoms with Crippen LogP contribution in [0.25, 0.3) is 0 Å². The van der Waals surface area contributed by atoms with E-state index in [0.29, 0.717) is 21.6 Å². The summed E-state index contributed by atoms with van der Waals surface area (Å²) in [7, 11) is 0. The van der Waals surface area contributed by atoms with Gasteiger partial charge in [-0.25, -0.2) is 15.0 Å². The van der Waals surface area contributed by atoms with Gasteiger partial charge < -0.3 is 25.2 Å². The number of nitrogens with two attached hydrogens (primary N) is 1. The van der Waals surface area contributed by atoms with Crippen molar-refractivity contribution in [2.24, 2.45) is 11.1 Å². The molecule has 8 nitrogen and oxygen atoms in total. The molecule has 3 aliphatic rings. The van der Waals surface area contributed by atoms with E-state index in [4.69, 9.17) is 36.8 Å². The van der Waals surface area contributed by atoms with Gasteiger partial charge in [-0.1, -0.05) is 30.8 Å². The second-order valence-electron chi connectivity index (χ2n) is 9.28. The van der Waals surface area contributed by atoms with E-state index in [2.05, 4.69) is 16.8 Å². The zero-order valence-electron chi connectivity index (χ0n) is 19.0. The van der Waals surface area contributed by atoms with Crippen molar-refractivity contribution in [3.63, 3.8) is 0 Å². The molecule has 10 heteroatoms. The number of aliphatic hydroxyl groups excluding tert-OH is 1. The molecule has 1 aliphatic carbocycles. The highest BCUT2D eigenvalue weighted by Gasteiger charge is 2.47. The number of aromatic nitrogens is 3. The first-order chi connectivity index (χ1) is 15.9. The van der Waals surface area contributed by atoms with Crippen LogP contribution in [0, 0.1) is 12.3 Å². The Morgan fingerprint density at radius 1 is 1.32 bits per heavy atom. The number of ether oxygens (including phenoxy) is 2. The number of anilines is 1. The zero-order valence-corrected chi connectivity index (χ0v) is 20.5. The number of rotatable bonds is 6. The minimum atomic E-state index is -0.183. The maximum atomic E-state index is 10.1. The quantitative estimate of drug-likeness (QED) is 0.600. The van der Waals surface area contributed by atoms with Crippen LogP contribution in [-0.4, -0.2) is 58.0 Å². The summed E-state index contributed by atoms with van der Waals surface area (Å²) in [5.41, 5.74) is 7.85. The Hall–Kier alpha value is -1.65. The smallest absolute Gasteiger partial charge is 0.234 e. The van der Waals surface area contributed by atoms with Crippen LogP contribution < -0.4 is 15.4 Å². The minimum Gasteiger partial charge on any atom is -0.473 e. The summed E-state index contributed by atoms with van der Waals surface area (Å²) in [4.78, 5) is 16.9. The number of halogens is 1. The summed E-state index contributed by atoms with van der Waals surface area (Å²) in [6, 6.07) is 1.90. The largest absolute Gasteiger partial charge is 0.473 e. The van der Waals surface area contributed by atoms with E-state index in [1.807, 2.05) is 13.0 Å². The zero-order chi connectivity index (χ0) is 23.2. The predicted octanol–water partition coefficient (Wildman–Crippen LogP) is 3.99. The van der Waals surface area contributed by atoms with Crippen LogP contribution in [0.15, 0.2) is 22.2 Å². The van der Waals surface area contributed by atoms with Crippen molar-refractivity contribution < 1.29 is 14.6 Å². The molecule has 0 bridgehead atoms. The second-order valence-corrected chi connectivity index (χ2v) is 10.7.